The number of piperazine rings is 1. The molecule has 116 valence electrons. The van der Waals surface area contributed by atoms with E-state index in [4.69, 9.17) is 23.2 Å². The second kappa shape index (κ2) is 6.54. The molecule has 2 heterocycles. The number of hydrogen-bond donors (Lipinski definition) is 1. The quantitative estimate of drug-likeness (QED) is 0.895. The fourth-order valence-electron chi connectivity index (χ4n) is 2.45. The van der Waals surface area contributed by atoms with E-state index in [-0.39, 0.29) is 11.9 Å². The van der Waals surface area contributed by atoms with Crippen LogP contribution in [0.2, 0.25) is 10.0 Å². The molecular formula is C15H15Cl2N3OS. The largest absolute Gasteiger partial charge is 0.332 e. The lowest BCUT2D eigenvalue weighted by Crippen LogP contribution is -2.52. The van der Waals surface area contributed by atoms with Gasteiger partial charge in [0.1, 0.15) is 10.7 Å². The van der Waals surface area contributed by atoms with Gasteiger partial charge in [-0.3, -0.25) is 4.79 Å². The molecule has 1 amide bonds. The van der Waals surface area contributed by atoms with E-state index >= 15 is 0 Å². The van der Waals surface area contributed by atoms with Gasteiger partial charge in [-0.2, -0.15) is 0 Å². The first-order valence-electron chi connectivity index (χ1n) is 6.99. The van der Waals surface area contributed by atoms with E-state index in [0.717, 1.165) is 23.7 Å². The predicted molar refractivity (Wildman–Crippen MR) is 90.9 cm³/mol. The smallest absolute Gasteiger partial charge is 0.273 e. The van der Waals surface area contributed by atoms with Gasteiger partial charge in [-0.1, -0.05) is 23.2 Å². The molecule has 1 aliphatic heterocycles. The van der Waals surface area contributed by atoms with Crippen molar-refractivity contribution < 1.29 is 4.79 Å². The van der Waals surface area contributed by atoms with Crippen molar-refractivity contribution in [1.82, 2.24) is 15.2 Å². The first-order chi connectivity index (χ1) is 10.6. The van der Waals surface area contributed by atoms with Crippen LogP contribution in [0.4, 0.5) is 0 Å². The molecule has 0 radical (unpaired) electrons. The fourth-order valence-corrected chi connectivity index (χ4v) is 3.84. The molecule has 7 heteroatoms. The Hall–Kier alpha value is -1.14. The number of carbonyl (C=O) groups is 1. The highest BCUT2D eigenvalue weighted by molar-refractivity contribution is 7.13. The lowest BCUT2D eigenvalue weighted by atomic mass is 10.2. The fraction of sp³-hybridized carbons (Fsp3) is 0.333. The molecule has 0 bridgehead atoms. The maximum absolute atomic E-state index is 12.6. The molecule has 1 aromatic carbocycles. The number of aromatic nitrogens is 1. The van der Waals surface area contributed by atoms with Crippen molar-refractivity contribution in [3.05, 3.63) is 39.3 Å². The van der Waals surface area contributed by atoms with Gasteiger partial charge in [0.2, 0.25) is 0 Å². The van der Waals surface area contributed by atoms with Gasteiger partial charge < -0.3 is 10.2 Å². The number of halogens is 2. The average molecular weight is 356 g/mol. The summed E-state index contributed by atoms with van der Waals surface area (Å²) in [6.45, 7) is 4.36. The van der Waals surface area contributed by atoms with Crippen LogP contribution in [0, 0.1) is 0 Å². The second-order valence-electron chi connectivity index (χ2n) is 5.21. The molecule has 1 N–H and O–H groups in total. The number of hydrogen-bond acceptors (Lipinski definition) is 4. The number of benzene rings is 1. The SMILES string of the molecule is C[C@H]1CNCCN1C(=O)c1csc(-c2ccc(Cl)cc2Cl)n1. The van der Waals surface area contributed by atoms with Gasteiger partial charge in [-0.25, -0.2) is 4.98 Å². The summed E-state index contributed by atoms with van der Waals surface area (Å²) in [6, 6.07) is 5.44. The van der Waals surface area contributed by atoms with Crippen LogP contribution < -0.4 is 5.32 Å². The highest BCUT2D eigenvalue weighted by Crippen LogP contribution is 2.32. The van der Waals surface area contributed by atoms with Crippen molar-refractivity contribution in [2.45, 2.75) is 13.0 Å². The van der Waals surface area contributed by atoms with Gasteiger partial charge in [0.15, 0.2) is 0 Å². The minimum Gasteiger partial charge on any atom is -0.332 e. The van der Waals surface area contributed by atoms with Gasteiger partial charge in [0.05, 0.1) is 5.02 Å². The molecule has 0 spiro atoms. The summed E-state index contributed by atoms with van der Waals surface area (Å²) in [5.41, 5.74) is 1.27. The van der Waals surface area contributed by atoms with E-state index in [1.165, 1.54) is 11.3 Å². The molecule has 1 aromatic heterocycles. The third kappa shape index (κ3) is 3.13. The number of nitrogens with zero attached hydrogens (tertiary/aromatic N) is 2. The predicted octanol–water partition coefficient (Wildman–Crippen LogP) is 3.55. The van der Waals surface area contributed by atoms with E-state index in [1.54, 1.807) is 17.5 Å². The van der Waals surface area contributed by atoms with E-state index < -0.39 is 0 Å². The molecule has 3 rings (SSSR count). The van der Waals surface area contributed by atoms with Gasteiger partial charge in [-0.15, -0.1) is 11.3 Å². The van der Waals surface area contributed by atoms with Crippen LogP contribution in [-0.2, 0) is 0 Å². The summed E-state index contributed by atoms with van der Waals surface area (Å²) < 4.78 is 0. The molecule has 0 aliphatic carbocycles. The van der Waals surface area contributed by atoms with Gasteiger partial charge in [0, 0.05) is 41.6 Å². The Morgan fingerprint density at radius 3 is 3.00 bits per heavy atom. The normalized spacial score (nSPS) is 18.5. The van der Waals surface area contributed by atoms with Crippen LogP contribution in [0.15, 0.2) is 23.6 Å². The molecule has 0 unspecified atom stereocenters. The Balaban J connectivity index is 1.85. The van der Waals surface area contributed by atoms with Crippen LogP contribution >= 0.6 is 34.5 Å². The van der Waals surface area contributed by atoms with Crippen molar-refractivity contribution in [2.75, 3.05) is 19.6 Å². The van der Waals surface area contributed by atoms with Crippen molar-refractivity contribution in [1.29, 1.82) is 0 Å². The van der Waals surface area contributed by atoms with Crippen LogP contribution in [0.1, 0.15) is 17.4 Å². The van der Waals surface area contributed by atoms with Crippen molar-refractivity contribution in [2.24, 2.45) is 0 Å². The summed E-state index contributed by atoms with van der Waals surface area (Å²) in [4.78, 5) is 18.9. The third-order valence-corrected chi connectivity index (χ3v) is 5.07. The Kier molecular flexibility index (Phi) is 4.68. The minimum atomic E-state index is -0.0263. The molecule has 22 heavy (non-hydrogen) atoms. The first kappa shape index (κ1) is 15.7. The topological polar surface area (TPSA) is 45.2 Å². The minimum absolute atomic E-state index is 0.0263. The number of nitrogens with one attached hydrogen (secondary N) is 1. The molecule has 1 aliphatic rings. The first-order valence-corrected chi connectivity index (χ1v) is 8.62. The highest BCUT2D eigenvalue weighted by Gasteiger charge is 2.26. The standard InChI is InChI=1S/C15H15Cl2N3OS/c1-9-7-18-4-5-20(9)15(21)13-8-22-14(19-13)11-3-2-10(16)6-12(11)17/h2-3,6,8-9,18H,4-5,7H2,1H3/t9-/m0/s1. The molecular weight excluding hydrogens is 341 g/mol. The molecule has 1 saturated heterocycles. The average Bonchev–Trinajstić information content (AvgIpc) is 2.96. The maximum atomic E-state index is 12.6. The zero-order chi connectivity index (χ0) is 15.7. The van der Waals surface area contributed by atoms with E-state index in [2.05, 4.69) is 10.3 Å². The molecule has 1 atom stereocenters. The van der Waals surface area contributed by atoms with Crippen molar-refractivity contribution in [3.8, 4) is 10.6 Å². The summed E-state index contributed by atoms with van der Waals surface area (Å²) in [6.07, 6.45) is 0. The summed E-state index contributed by atoms with van der Waals surface area (Å²) in [7, 11) is 0. The zero-order valence-electron chi connectivity index (χ0n) is 12.0. The van der Waals surface area contributed by atoms with Crippen LogP contribution in [0.3, 0.4) is 0 Å². The van der Waals surface area contributed by atoms with Crippen LogP contribution in [-0.4, -0.2) is 41.5 Å². The van der Waals surface area contributed by atoms with Crippen molar-refractivity contribution in [3.63, 3.8) is 0 Å². The summed E-state index contributed by atoms with van der Waals surface area (Å²) in [5.74, 6) is -0.0263. The molecule has 4 nitrogen and oxygen atoms in total. The van der Waals surface area contributed by atoms with Gasteiger partial charge >= 0.3 is 0 Å². The van der Waals surface area contributed by atoms with Gasteiger partial charge in [-0.05, 0) is 25.1 Å². The molecule has 0 saturated carbocycles. The lowest BCUT2D eigenvalue weighted by molar-refractivity contribution is 0.0650. The number of rotatable bonds is 2. The zero-order valence-corrected chi connectivity index (χ0v) is 14.3. The van der Waals surface area contributed by atoms with E-state index in [1.807, 2.05) is 17.9 Å². The van der Waals surface area contributed by atoms with E-state index in [9.17, 15) is 4.79 Å². The maximum Gasteiger partial charge on any atom is 0.273 e. The van der Waals surface area contributed by atoms with Crippen LogP contribution in [0.25, 0.3) is 10.6 Å². The second-order valence-corrected chi connectivity index (χ2v) is 6.92. The van der Waals surface area contributed by atoms with Gasteiger partial charge in [0.25, 0.3) is 5.91 Å². The summed E-state index contributed by atoms with van der Waals surface area (Å²) >= 11 is 13.5. The number of thiazole rings is 1. The highest BCUT2D eigenvalue weighted by atomic mass is 35.5. The van der Waals surface area contributed by atoms with Crippen LogP contribution in [0.5, 0.6) is 0 Å². The Morgan fingerprint density at radius 1 is 1.45 bits per heavy atom. The Bertz CT molecular complexity index is 704. The van der Waals surface area contributed by atoms with E-state index in [0.29, 0.717) is 22.3 Å². The Labute approximate surface area is 143 Å². The monoisotopic (exact) mass is 355 g/mol. The Morgan fingerprint density at radius 2 is 2.27 bits per heavy atom. The number of amides is 1. The van der Waals surface area contributed by atoms with Crippen molar-refractivity contribution >= 4 is 40.4 Å². The molecule has 2 aromatic rings. The number of carbonyl (C=O) groups excluding carboxylic acids is 1. The molecule has 1 fully saturated rings. The third-order valence-electron chi connectivity index (χ3n) is 3.65. The summed E-state index contributed by atoms with van der Waals surface area (Å²) in [5, 5.41) is 6.91. The lowest BCUT2D eigenvalue weighted by Gasteiger charge is -2.33.